The van der Waals surface area contributed by atoms with Crippen LogP contribution in [-0.4, -0.2) is 17.9 Å². The van der Waals surface area contributed by atoms with Gasteiger partial charge in [-0.1, -0.05) is 12.1 Å². The number of anilines is 1. The number of halogens is 3. The van der Waals surface area contributed by atoms with E-state index >= 15 is 0 Å². The van der Waals surface area contributed by atoms with Gasteiger partial charge in [-0.3, -0.25) is 0 Å². The minimum atomic E-state index is -4.69. The first-order valence-electron chi connectivity index (χ1n) is 5.93. The molecule has 1 heterocycles. The maximum Gasteiger partial charge on any atom is 0.573 e. The molecular formula is C13H13F3N2OS. The molecule has 1 aromatic heterocycles. The van der Waals surface area contributed by atoms with E-state index in [1.807, 2.05) is 6.92 Å². The maximum atomic E-state index is 12.3. The summed E-state index contributed by atoms with van der Waals surface area (Å²) in [5.41, 5.74) is 3.04. The van der Waals surface area contributed by atoms with Gasteiger partial charge in [-0.25, -0.2) is 4.98 Å². The van der Waals surface area contributed by atoms with Gasteiger partial charge in [0.1, 0.15) is 0 Å². The fourth-order valence-corrected chi connectivity index (χ4v) is 2.48. The summed E-state index contributed by atoms with van der Waals surface area (Å²) in [5, 5.41) is 2.96. The van der Waals surface area contributed by atoms with Crippen molar-refractivity contribution in [1.82, 2.24) is 4.98 Å². The van der Waals surface area contributed by atoms with Crippen LogP contribution >= 0.6 is 11.3 Å². The van der Waals surface area contributed by atoms with Gasteiger partial charge >= 0.3 is 6.36 Å². The van der Waals surface area contributed by atoms with Crippen molar-refractivity contribution < 1.29 is 17.9 Å². The van der Waals surface area contributed by atoms with Crippen LogP contribution in [0.2, 0.25) is 0 Å². The molecule has 7 heteroatoms. The molecular weight excluding hydrogens is 289 g/mol. The third-order valence-electron chi connectivity index (χ3n) is 2.63. The summed E-state index contributed by atoms with van der Waals surface area (Å²) < 4.78 is 40.8. The molecule has 0 bridgehead atoms. The standard InChI is InChI=1S/C13H13F3N2OS/c1-9-12(20-8-18-9)6-7-17-10-4-2-3-5-11(10)19-13(14,15)16/h2-5,8,17H,6-7H2,1H3. The first kappa shape index (κ1) is 14.6. The quantitative estimate of drug-likeness (QED) is 0.906. The van der Waals surface area contributed by atoms with Crippen molar-refractivity contribution in [3.63, 3.8) is 0 Å². The van der Waals surface area contributed by atoms with Crippen molar-refractivity contribution in [1.29, 1.82) is 0 Å². The van der Waals surface area contributed by atoms with Crippen LogP contribution < -0.4 is 10.1 Å². The molecule has 1 aromatic carbocycles. The third kappa shape index (κ3) is 4.12. The highest BCUT2D eigenvalue weighted by Crippen LogP contribution is 2.29. The molecule has 0 saturated carbocycles. The van der Waals surface area contributed by atoms with Gasteiger partial charge in [0, 0.05) is 17.8 Å². The average Bonchev–Trinajstić information content (AvgIpc) is 2.75. The Morgan fingerprint density at radius 1 is 1.30 bits per heavy atom. The summed E-state index contributed by atoms with van der Waals surface area (Å²) in [6.07, 6.45) is -3.98. The van der Waals surface area contributed by atoms with Crippen molar-refractivity contribution in [2.75, 3.05) is 11.9 Å². The number of nitrogens with zero attached hydrogens (tertiary/aromatic N) is 1. The molecule has 0 atom stereocenters. The minimum Gasteiger partial charge on any atom is -0.404 e. The van der Waals surface area contributed by atoms with Gasteiger partial charge in [0.2, 0.25) is 0 Å². The Morgan fingerprint density at radius 3 is 2.70 bits per heavy atom. The molecule has 0 saturated heterocycles. The summed E-state index contributed by atoms with van der Waals surface area (Å²) in [4.78, 5) is 5.24. The molecule has 0 amide bonds. The fourth-order valence-electron chi connectivity index (χ4n) is 1.70. The maximum absolute atomic E-state index is 12.3. The summed E-state index contributed by atoms with van der Waals surface area (Å²) >= 11 is 1.54. The smallest absolute Gasteiger partial charge is 0.404 e. The monoisotopic (exact) mass is 302 g/mol. The van der Waals surface area contributed by atoms with E-state index in [0.29, 0.717) is 18.7 Å². The fraction of sp³-hybridized carbons (Fsp3) is 0.308. The highest BCUT2D eigenvalue weighted by Gasteiger charge is 2.32. The van der Waals surface area contributed by atoms with Crippen LogP contribution in [0.4, 0.5) is 18.9 Å². The normalized spacial score (nSPS) is 11.4. The van der Waals surface area contributed by atoms with E-state index in [1.54, 1.807) is 17.6 Å². The zero-order chi connectivity index (χ0) is 14.6. The van der Waals surface area contributed by atoms with Crippen LogP contribution in [0.25, 0.3) is 0 Å². The number of nitrogens with one attached hydrogen (secondary N) is 1. The van der Waals surface area contributed by atoms with Gasteiger partial charge in [0.05, 0.1) is 16.9 Å². The zero-order valence-electron chi connectivity index (χ0n) is 10.7. The number of hydrogen-bond donors (Lipinski definition) is 1. The number of aryl methyl sites for hydroxylation is 1. The van der Waals surface area contributed by atoms with E-state index in [2.05, 4.69) is 15.0 Å². The summed E-state index contributed by atoms with van der Waals surface area (Å²) in [5.74, 6) is -0.221. The van der Waals surface area contributed by atoms with Crippen LogP contribution in [0.5, 0.6) is 5.75 Å². The van der Waals surface area contributed by atoms with Crippen molar-refractivity contribution in [2.24, 2.45) is 0 Å². The molecule has 0 unspecified atom stereocenters. The molecule has 0 aliphatic carbocycles. The topological polar surface area (TPSA) is 34.2 Å². The summed E-state index contributed by atoms with van der Waals surface area (Å²) in [7, 11) is 0. The van der Waals surface area contributed by atoms with E-state index < -0.39 is 6.36 Å². The van der Waals surface area contributed by atoms with Gasteiger partial charge < -0.3 is 10.1 Å². The molecule has 0 aliphatic rings. The average molecular weight is 302 g/mol. The predicted molar refractivity (Wildman–Crippen MR) is 72.2 cm³/mol. The van der Waals surface area contributed by atoms with Gasteiger partial charge in [0.15, 0.2) is 5.75 Å². The second kappa shape index (κ2) is 6.13. The third-order valence-corrected chi connectivity index (χ3v) is 3.62. The highest BCUT2D eigenvalue weighted by molar-refractivity contribution is 7.09. The van der Waals surface area contributed by atoms with E-state index in [0.717, 1.165) is 10.6 Å². The molecule has 2 rings (SSSR count). The summed E-state index contributed by atoms with van der Waals surface area (Å²) in [6, 6.07) is 6.00. The van der Waals surface area contributed by atoms with Crippen LogP contribution in [0, 0.1) is 6.92 Å². The van der Waals surface area contributed by atoms with Crippen LogP contribution in [0.15, 0.2) is 29.8 Å². The minimum absolute atomic E-state index is 0.221. The molecule has 108 valence electrons. The molecule has 0 spiro atoms. The lowest BCUT2D eigenvalue weighted by atomic mass is 10.2. The highest BCUT2D eigenvalue weighted by atomic mass is 32.1. The molecule has 3 nitrogen and oxygen atoms in total. The second-order valence-corrected chi connectivity index (χ2v) is 5.02. The molecule has 0 aliphatic heterocycles. The van der Waals surface area contributed by atoms with Crippen molar-refractivity contribution in [3.05, 3.63) is 40.3 Å². The number of rotatable bonds is 5. The number of aromatic nitrogens is 1. The number of benzene rings is 1. The Morgan fingerprint density at radius 2 is 2.05 bits per heavy atom. The first-order valence-corrected chi connectivity index (χ1v) is 6.81. The van der Waals surface area contributed by atoms with Gasteiger partial charge in [-0.2, -0.15) is 0 Å². The number of ether oxygens (including phenoxy) is 1. The van der Waals surface area contributed by atoms with Crippen LogP contribution in [0.1, 0.15) is 10.6 Å². The number of para-hydroxylation sites is 2. The van der Waals surface area contributed by atoms with Crippen molar-refractivity contribution in [2.45, 2.75) is 19.7 Å². The van der Waals surface area contributed by atoms with E-state index in [1.165, 1.54) is 23.5 Å². The first-order chi connectivity index (χ1) is 9.46. The Bertz CT molecular complexity index is 569. The SMILES string of the molecule is Cc1ncsc1CCNc1ccccc1OC(F)(F)F. The van der Waals surface area contributed by atoms with E-state index in [9.17, 15) is 13.2 Å². The van der Waals surface area contributed by atoms with Gasteiger partial charge in [0.25, 0.3) is 0 Å². The lowest BCUT2D eigenvalue weighted by Gasteiger charge is -2.14. The second-order valence-electron chi connectivity index (χ2n) is 4.08. The Balaban J connectivity index is 1.97. The van der Waals surface area contributed by atoms with Crippen molar-refractivity contribution in [3.8, 4) is 5.75 Å². The number of alkyl halides is 3. The van der Waals surface area contributed by atoms with Gasteiger partial charge in [-0.15, -0.1) is 24.5 Å². The predicted octanol–water partition coefficient (Wildman–Crippen LogP) is 4.00. The van der Waals surface area contributed by atoms with Gasteiger partial charge in [-0.05, 0) is 19.1 Å². The zero-order valence-corrected chi connectivity index (χ0v) is 11.5. The van der Waals surface area contributed by atoms with Crippen LogP contribution in [0.3, 0.4) is 0 Å². The number of hydrogen-bond acceptors (Lipinski definition) is 4. The van der Waals surface area contributed by atoms with E-state index in [4.69, 9.17) is 0 Å². The summed E-state index contributed by atoms with van der Waals surface area (Å²) in [6.45, 7) is 2.42. The molecule has 2 aromatic rings. The molecule has 20 heavy (non-hydrogen) atoms. The molecule has 1 N–H and O–H groups in total. The largest absolute Gasteiger partial charge is 0.573 e. The Kier molecular flexibility index (Phi) is 4.49. The lowest BCUT2D eigenvalue weighted by Crippen LogP contribution is -2.18. The van der Waals surface area contributed by atoms with Crippen molar-refractivity contribution >= 4 is 17.0 Å². The number of thiazole rings is 1. The Labute approximate surface area is 118 Å². The lowest BCUT2D eigenvalue weighted by molar-refractivity contribution is -0.274. The van der Waals surface area contributed by atoms with Crippen LogP contribution in [-0.2, 0) is 6.42 Å². The molecule has 0 radical (unpaired) electrons. The Hall–Kier alpha value is -1.76. The van der Waals surface area contributed by atoms with E-state index in [-0.39, 0.29) is 5.75 Å². The molecule has 0 fully saturated rings.